The van der Waals surface area contributed by atoms with Crippen LogP contribution in [0, 0.1) is 6.92 Å². The molecule has 0 saturated carbocycles. The van der Waals surface area contributed by atoms with Crippen LogP contribution in [0.3, 0.4) is 0 Å². The number of rotatable bonds is 4. The third-order valence-corrected chi connectivity index (χ3v) is 10.9. The Hall–Kier alpha value is -3.49. The monoisotopic (exact) mass is 450 g/mol. The Labute approximate surface area is 192 Å². The Morgan fingerprint density at radius 3 is 1.73 bits per heavy atom. The van der Waals surface area contributed by atoms with Crippen molar-refractivity contribution in [3.8, 4) is 16.9 Å². The molecule has 0 radical (unpaired) electrons. The van der Waals surface area contributed by atoms with Crippen molar-refractivity contribution >= 4 is 33.7 Å². The predicted octanol–water partition coefficient (Wildman–Crippen LogP) is 6.14. The van der Waals surface area contributed by atoms with E-state index in [1.165, 1.54) is 0 Å². The molecule has 4 heteroatoms. The zero-order valence-electron chi connectivity index (χ0n) is 18.2. The van der Waals surface area contributed by atoms with Gasteiger partial charge < -0.3 is 0 Å². The first-order chi connectivity index (χ1) is 16.1. The van der Waals surface area contributed by atoms with Crippen LogP contribution in [0.2, 0.25) is 0 Å². The fourth-order valence-corrected chi connectivity index (χ4v) is 9.39. The van der Waals surface area contributed by atoms with Gasteiger partial charge in [0.25, 0.3) is 0 Å². The fraction of sp³-hybridized carbons (Fsp3) is 0.0345. The SMILES string of the molecule is Cc1cccc2c(P3(c4ccccc4)(c4ccccc4)OO3)c(-c3ccccc3)cc(O)c12. The van der Waals surface area contributed by atoms with Gasteiger partial charge in [0.05, 0.1) is 0 Å². The fourth-order valence-electron chi connectivity index (χ4n) is 5.00. The van der Waals surface area contributed by atoms with Crippen LogP contribution in [0.15, 0.2) is 115 Å². The van der Waals surface area contributed by atoms with Crippen molar-refractivity contribution in [2.75, 3.05) is 0 Å². The van der Waals surface area contributed by atoms with Crippen molar-refractivity contribution in [3.05, 3.63) is 121 Å². The van der Waals surface area contributed by atoms with Gasteiger partial charge in [-0.1, -0.05) is 0 Å². The van der Waals surface area contributed by atoms with Gasteiger partial charge >= 0.3 is 193 Å². The van der Waals surface area contributed by atoms with Crippen LogP contribution in [-0.2, 0) is 9.35 Å². The molecule has 0 spiro atoms. The molecule has 0 aliphatic carbocycles. The molecule has 3 nitrogen and oxygen atoms in total. The molecular formula is C29H23O3P. The average Bonchev–Trinajstić information content (AvgIpc) is 3.64. The summed E-state index contributed by atoms with van der Waals surface area (Å²) in [4.78, 5) is 0. The minimum atomic E-state index is -3.70. The molecule has 1 aliphatic heterocycles. The summed E-state index contributed by atoms with van der Waals surface area (Å²) in [6.07, 6.45) is 0. The molecule has 1 N–H and O–H groups in total. The van der Waals surface area contributed by atoms with E-state index in [1.807, 2.05) is 79.7 Å². The third kappa shape index (κ3) is 2.74. The molecule has 1 aliphatic rings. The number of fused-ring (bicyclic) bond motifs is 1. The van der Waals surface area contributed by atoms with E-state index in [-0.39, 0.29) is 5.75 Å². The maximum atomic E-state index is 11.2. The Balaban J connectivity index is 1.86. The van der Waals surface area contributed by atoms with Gasteiger partial charge in [-0.15, -0.1) is 0 Å². The summed E-state index contributed by atoms with van der Waals surface area (Å²) in [5, 5.41) is 15.9. The first-order valence-electron chi connectivity index (χ1n) is 11.0. The second kappa shape index (κ2) is 7.26. The number of hydrogen-bond donors (Lipinski definition) is 1. The van der Waals surface area contributed by atoms with Crippen molar-refractivity contribution in [1.82, 2.24) is 0 Å². The minimum absolute atomic E-state index is 0.255. The van der Waals surface area contributed by atoms with E-state index in [9.17, 15) is 5.11 Å². The van der Waals surface area contributed by atoms with Crippen molar-refractivity contribution in [1.29, 1.82) is 0 Å². The summed E-state index contributed by atoms with van der Waals surface area (Å²) >= 11 is 0. The molecule has 1 fully saturated rings. The van der Waals surface area contributed by atoms with Crippen LogP contribution in [0.4, 0.5) is 0 Å². The topological polar surface area (TPSA) is 45.3 Å². The first kappa shape index (κ1) is 20.1. The second-order valence-electron chi connectivity index (χ2n) is 8.43. The van der Waals surface area contributed by atoms with Gasteiger partial charge in [-0.05, 0) is 0 Å². The summed E-state index contributed by atoms with van der Waals surface area (Å²) in [5.41, 5.74) is 2.92. The molecule has 0 bridgehead atoms. The average molecular weight is 450 g/mol. The Bertz CT molecular complexity index is 1430. The Morgan fingerprint density at radius 2 is 1.18 bits per heavy atom. The van der Waals surface area contributed by atoms with Crippen molar-refractivity contribution in [3.63, 3.8) is 0 Å². The molecule has 1 heterocycles. The summed E-state index contributed by atoms with van der Waals surface area (Å²) in [6, 6.07) is 38.6. The molecule has 33 heavy (non-hydrogen) atoms. The zero-order valence-corrected chi connectivity index (χ0v) is 19.1. The molecular weight excluding hydrogens is 427 g/mol. The van der Waals surface area contributed by atoms with E-state index in [0.717, 1.165) is 43.4 Å². The van der Waals surface area contributed by atoms with Gasteiger partial charge in [0.1, 0.15) is 0 Å². The molecule has 162 valence electrons. The zero-order chi connectivity index (χ0) is 22.5. The molecule has 0 unspecified atom stereocenters. The Morgan fingerprint density at radius 1 is 0.636 bits per heavy atom. The molecule has 5 aromatic rings. The van der Waals surface area contributed by atoms with Crippen LogP contribution in [-0.4, -0.2) is 5.11 Å². The summed E-state index contributed by atoms with van der Waals surface area (Å²) in [5.74, 6) is 0.255. The first-order valence-corrected chi connectivity index (χ1v) is 13.1. The second-order valence-corrected chi connectivity index (χ2v) is 12.1. The maximum absolute atomic E-state index is 11.2. The third-order valence-electron chi connectivity index (χ3n) is 6.56. The van der Waals surface area contributed by atoms with Gasteiger partial charge in [-0.2, -0.15) is 0 Å². The normalized spacial score (nSPS) is 17.2. The van der Waals surface area contributed by atoms with E-state index in [4.69, 9.17) is 9.35 Å². The van der Waals surface area contributed by atoms with Crippen molar-refractivity contribution < 1.29 is 14.5 Å². The molecule has 0 atom stereocenters. The molecule has 0 aromatic heterocycles. The van der Waals surface area contributed by atoms with Crippen LogP contribution >= 0.6 is 7.06 Å². The van der Waals surface area contributed by atoms with Crippen LogP contribution < -0.4 is 15.9 Å². The molecule has 0 amide bonds. The number of hydrogen-bond acceptors (Lipinski definition) is 3. The van der Waals surface area contributed by atoms with Crippen LogP contribution in [0.5, 0.6) is 5.75 Å². The molecule has 1 saturated heterocycles. The molecule has 6 rings (SSSR count). The van der Waals surface area contributed by atoms with Gasteiger partial charge in [0.15, 0.2) is 0 Å². The number of benzene rings is 5. The Kier molecular flexibility index (Phi) is 4.43. The van der Waals surface area contributed by atoms with Crippen molar-refractivity contribution in [2.24, 2.45) is 0 Å². The van der Waals surface area contributed by atoms with E-state index < -0.39 is 7.06 Å². The predicted molar refractivity (Wildman–Crippen MR) is 137 cm³/mol. The van der Waals surface area contributed by atoms with E-state index >= 15 is 0 Å². The number of aryl methyl sites for hydroxylation is 1. The van der Waals surface area contributed by atoms with Crippen molar-refractivity contribution in [2.45, 2.75) is 6.92 Å². The number of aromatic hydroxyl groups is 1. The summed E-state index contributed by atoms with van der Waals surface area (Å²) in [6.45, 7) is 2.02. The van der Waals surface area contributed by atoms with Gasteiger partial charge in [-0.3, -0.25) is 0 Å². The quantitative estimate of drug-likeness (QED) is 0.203. The number of phenolic OH excluding ortho intramolecular Hbond substituents is 1. The van der Waals surface area contributed by atoms with Gasteiger partial charge in [0.2, 0.25) is 0 Å². The van der Waals surface area contributed by atoms with E-state index in [1.54, 1.807) is 0 Å². The van der Waals surface area contributed by atoms with E-state index in [0.29, 0.717) is 0 Å². The summed E-state index contributed by atoms with van der Waals surface area (Å²) in [7, 11) is -3.70. The van der Waals surface area contributed by atoms with E-state index in [2.05, 4.69) is 42.5 Å². The number of phenols is 1. The standard InChI is InChI=1S/C29H23O3P/c1-21-12-11-19-25-28(21)27(30)20-26(22-13-5-2-6-14-22)29(25)33(31-32-33,23-15-7-3-8-16-23)24-17-9-4-10-18-24/h2-20,30H,1H3. The molecule has 5 aromatic carbocycles. The van der Waals surface area contributed by atoms with Crippen LogP contribution in [0.1, 0.15) is 5.56 Å². The summed E-state index contributed by atoms with van der Waals surface area (Å²) < 4.78 is 12.7. The van der Waals surface area contributed by atoms with Gasteiger partial charge in [0, 0.05) is 0 Å². The van der Waals surface area contributed by atoms with Gasteiger partial charge in [-0.25, -0.2) is 0 Å². The van der Waals surface area contributed by atoms with Crippen LogP contribution in [0.25, 0.3) is 21.9 Å².